The van der Waals surface area contributed by atoms with Crippen LogP contribution in [0.1, 0.15) is 34.1 Å². The van der Waals surface area contributed by atoms with Gasteiger partial charge < -0.3 is 18.2 Å². The molecule has 1 fully saturated rings. The summed E-state index contributed by atoms with van der Waals surface area (Å²) in [6, 6.07) is 0.950. The summed E-state index contributed by atoms with van der Waals surface area (Å²) in [5.74, 6) is 0. The van der Waals surface area contributed by atoms with Crippen molar-refractivity contribution in [2.75, 3.05) is 13.7 Å². The third-order valence-corrected chi connectivity index (χ3v) is 6.79. The van der Waals surface area contributed by atoms with Crippen LogP contribution < -0.4 is 0 Å². The minimum atomic E-state index is -1.55. The van der Waals surface area contributed by atoms with Crippen LogP contribution in [0.4, 0.5) is 0 Å². The Morgan fingerprint density at radius 2 is 1.78 bits per heavy atom. The van der Waals surface area contributed by atoms with Crippen molar-refractivity contribution in [3.8, 4) is 0 Å². The van der Waals surface area contributed by atoms with Gasteiger partial charge in [0.05, 0.1) is 12.7 Å². The van der Waals surface area contributed by atoms with Gasteiger partial charge in [-0.2, -0.15) is 0 Å². The number of nitrogens with zero attached hydrogens (tertiary/aromatic N) is 1. The molecule has 136 valence electrons. The highest BCUT2D eigenvalue weighted by molar-refractivity contribution is 7.44. The molecular formula is C15H35BNO4PSi. The highest BCUT2D eigenvalue weighted by atomic mass is 31.2. The first kappa shape index (κ1) is 21.6. The van der Waals surface area contributed by atoms with E-state index in [1.807, 2.05) is 0 Å². The predicted octanol–water partition coefficient (Wildman–Crippen LogP) is 2.96. The van der Waals surface area contributed by atoms with Gasteiger partial charge in [0.15, 0.2) is 8.32 Å². The van der Waals surface area contributed by atoms with Crippen LogP contribution >= 0.6 is 8.53 Å². The maximum absolute atomic E-state index is 6.37. The molecule has 1 saturated heterocycles. The van der Waals surface area contributed by atoms with Crippen LogP contribution in [-0.2, 0) is 18.2 Å². The van der Waals surface area contributed by atoms with Gasteiger partial charge in [-0.15, -0.1) is 0 Å². The fraction of sp³-hybridized carbons (Fsp3) is 1.00. The molecule has 0 aromatic heterocycles. The predicted molar refractivity (Wildman–Crippen MR) is 102 cm³/mol. The summed E-state index contributed by atoms with van der Waals surface area (Å²) in [4.78, 5) is 0. The molecule has 0 amide bonds. The summed E-state index contributed by atoms with van der Waals surface area (Å²) >= 11 is 0. The first-order valence-electron chi connectivity index (χ1n) is 8.63. The Hall–Kier alpha value is 0.512. The van der Waals surface area contributed by atoms with Gasteiger partial charge >= 0.3 is 0 Å². The Balaban J connectivity index is 2.73. The van der Waals surface area contributed by atoms with E-state index < -0.39 is 16.8 Å². The Bertz CT molecular complexity index is 349. The van der Waals surface area contributed by atoms with E-state index in [4.69, 9.17) is 18.2 Å². The molecule has 1 aliphatic heterocycles. The van der Waals surface area contributed by atoms with Gasteiger partial charge in [-0.3, -0.25) is 0 Å². The number of hydrogen-bond acceptors (Lipinski definition) is 5. The van der Waals surface area contributed by atoms with Crippen molar-refractivity contribution in [2.45, 2.75) is 84.1 Å². The molecule has 0 aromatic carbocycles. The summed E-state index contributed by atoms with van der Waals surface area (Å²) in [5, 5.41) is 0. The smallest absolute Gasteiger partial charge is 0.259 e. The fourth-order valence-electron chi connectivity index (χ4n) is 2.79. The van der Waals surface area contributed by atoms with Crippen LogP contribution in [0.5, 0.6) is 0 Å². The van der Waals surface area contributed by atoms with Gasteiger partial charge in [0.25, 0.3) is 8.53 Å². The zero-order valence-corrected chi connectivity index (χ0v) is 18.2. The first-order valence-corrected chi connectivity index (χ1v) is 13.2. The van der Waals surface area contributed by atoms with Gasteiger partial charge in [0.1, 0.15) is 14.0 Å². The van der Waals surface area contributed by atoms with Gasteiger partial charge in [-0.05, 0) is 53.8 Å². The highest BCUT2D eigenvalue weighted by Gasteiger charge is 2.39. The van der Waals surface area contributed by atoms with Crippen molar-refractivity contribution >= 4 is 24.7 Å². The van der Waals surface area contributed by atoms with Crippen molar-refractivity contribution in [2.24, 2.45) is 0 Å². The van der Waals surface area contributed by atoms with Crippen molar-refractivity contribution in [3.05, 3.63) is 0 Å². The standard InChI is InChI=1S/C15H35BNO4PSi/c1-11(2)17(12(3)4)22(18-5)21-13-9-15(16)20-14(13)10-19-23(6,7)8/h11-15H,9-10,16H2,1-8H3/t13-,14-,15-,22?/m1/s1. The van der Waals surface area contributed by atoms with E-state index in [-0.39, 0.29) is 18.2 Å². The zero-order chi connectivity index (χ0) is 17.8. The lowest BCUT2D eigenvalue weighted by atomic mass is 9.96. The van der Waals surface area contributed by atoms with Crippen LogP contribution in [-0.4, -0.2) is 64.8 Å². The van der Waals surface area contributed by atoms with Gasteiger partial charge in [-0.25, -0.2) is 4.67 Å². The monoisotopic (exact) mass is 363 g/mol. The molecule has 8 heteroatoms. The van der Waals surface area contributed by atoms with Gasteiger partial charge in [-0.1, -0.05) is 0 Å². The van der Waals surface area contributed by atoms with E-state index in [2.05, 4.69) is 59.9 Å². The Labute approximate surface area is 145 Å². The molecule has 0 aromatic rings. The van der Waals surface area contributed by atoms with Crippen molar-refractivity contribution < 1.29 is 18.2 Å². The Kier molecular flexibility index (Phi) is 8.69. The minimum Gasteiger partial charge on any atom is -0.415 e. The molecule has 5 nitrogen and oxygen atoms in total. The lowest BCUT2D eigenvalue weighted by molar-refractivity contribution is 0.00427. The number of hydrogen-bond donors (Lipinski definition) is 0. The summed E-state index contributed by atoms with van der Waals surface area (Å²) < 4.78 is 26.5. The lowest BCUT2D eigenvalue weighted by Crippen LogP contribution is -2.38. The molecule has 0 spiro atoms. The molecule has 1 unspecified atom stereocenters. The Morgan fingerprint density at radius 1 is 1.22 bits per heavy atom. The molecule has 0 aliphatic carbocycles. The van der Waals surface area contributed by atoms with E-state index in [1.165, 1.54) is 0 Å². The normalized spacial score (nSPS) is 27.3. The molecule has 0 saturated carbocycles. The van der Waals surface area contributed by atoms with Gasteiger partial charge in [0, 0.05) is 25.2 Å². The average molecular weight is 363 g/mol. The summed E-state index contributed by atoms with van der Waals surface area (Å²) in [6.07, 6.45) is 0.928. The highest BCUT2D eigenvalue weighted by Crippen LogP contribution is 2.48. The summed E-state index contributed by atoms with van der Waals surface area (Å²) in [5.41, 5.74) is 0. The summed E-state index contributed by atoms with van der Waals surface area (Å²) in [7, 11) is 1.19. The fourth-order valence-corrected chi connectivity index (χ4v) is 5.05. The molecule has 4 atom stereocenters. The third-order valence-electron chi connectivity index (χ3n) is 3.70. The number of ether oxygens (including phenoxy) is 1. The van der Waals surface area contributed by atoms with Gasteiger partial charge in [0.2, 0.25) is 0 Å². The van der Waals surface area contributed by atoms with Crippen LogP contribution in [0.3, 0.4) is 0 Å². The van der Waals surface area contributed by atoms with Crippen LogP contribution in [0.25, 0.3) is 0 Å². The molecule has 23 heavy (non-hydrogen) atoms. The van der Waals surface area contributed by atoms with Crippen molar-refractivity contribution in [1.29, 1.82) is 0 Å². The third kappa shape index (κ3) is 7.10. The minimum absolute atomic E-state index is 0.00181. The largest absolute Gasteiger partial charge is 0.415 e. The quantitative estimate of drug-likeness (QED) is 0.465. The second-order valence-electron chi connectivity index (χ2n) is 7.78. The molecular weight excluding hydrogens is 328 g/mol. The topological polar surface area (TPSA) is 40.2 Å². The lowest BCUT2D eigenvalue weighted by Gasteiger charge is -2.37. The average Bonchev–Trinajstić information content (AvgIpc) is 2.74. The van der Waals surface area contributed by atoms with Crippen LogP contribution in [0.15, 0.2) is 0 Å². The first-order chi connectivity index (χ1) is 10.5. The number of rotatable bonds is 9. The van der Waals surface area contributed by atoms with E-state index in [9.17, 15) is 0 Å². The molecule has 1 heterocycles. The summed E-state index contributed by atoms with van der Waals surface area (Å²) in [6.45, 7) is 15.9. The molecule has 0 N–H and O–H groups in total. The molecule has 1 rings (SSSR count). The van der Waals surface area contributed by atoms with Crippen molar-refractivity contribution in [3.63, 3.8) is 0 Å². The zero-order valence-electron chi connectivity index (χ0n) is 16.3. The maximum atomic E-state index is 6.37. The Morgan fingerprint density at radius 3 is 2.22 bits per heavy atom. The second-order valence-corrected chi connectivity index (χ2v) is 13.8. The van der Waals surface area contributed by atoms with E-state index in [1.54, 1.807) is 7.11 Å². The molecule has 1 aliphatic rings. The molecule has 0 bridgehead atoms. The van der Waals surface area contributed by atoms with E-state index in [0.717, 1.165) is 6.42 Å². The van der Waals surface area contributed by atoms with Crippen molar-refractivity contribution in [1.82, 2.24) is 4.67 Å². The second kappa shape index (κ2) is 9.28. The maximum Gasteiger partial charge on any atom is 0.259 e. The van der Waals surface area contributed by atoms with Crippen LogP contribution in [0, 0.1) is 0 Å². The van der Waals surface area contributed by atoms with Crippen LogP contribution in [0.2, 0.25) is 19.6 Å². The molecule has 0 radical (unpaired) electrons. The van der Waals surface area contributed by atoms with E-state index >= 15 is 0 Å². The SMILES string of the molecule is B[C@H]1C[C@@H](OP(OC)N(C(C)C)C(C)C)[C@@H](CO[Si](C)(C)C)O1. The van der Waals surface area contributed by atoms with E-state index in [0.29, 0.717) is 18.7 Å².